The molecule has 0 unspecified atom stereocenters. The first-order chi connectivity index (χ1) is 12.1. The molecule has 3 heterocycles. The molecule has 0 bridgehead atoms. The second-order valence-corrected chi connectivity index (χ2v) is 6.34. The number of carbonyl (C=O) groups excluding carboxylic acids is 1. The lowest BCUT2D eigenvalue weighted by Crippen LogP contribution is -2.40. The number of fused-ring (bicyclic) bond motifs is 1. The minimum Gasteiger partial charge on any atom is -0.378 e. The van der Waals surface area contributed by atoms with Crippen molar-refractivity contribution in [1.82, 2.24) is 19.5 Å². The molecule has 0 aliphatic carbocycles. The maximum absolute atomic E-state index is 12.8. The van der Waals surface area contributed by atoms with Gasteiger partial charge in [-0.1, -0.05) is 18.2 Å². The zero-order valence-electron chi connectivity index (χ0n) is 14.4. The van der Waals surface area contributed by atoms with Crippen LogP contribution < -0.4 is 0 Å². The number of pyridine rings is 1. The number of rotatable bonds is 2. The summed E-state index contributed by atoms with van der Waals surface area (Å²) in [7, 11) is 0. The SMILES string of the molecule is Cc1cccc(C)c1-c1nnc2ccc(C(=O)N3CCOCC3)cn12. The molecule has 0 N–H and O–H groups in total. The van der Waals surface area contributed by atoms with Crippen LogP contribution in [0.3, 0.4) is 0 Å². The van der Waals surface area contributed by atoms with E-state index in [4.69, 9.17) is 4.74 Å². The molecule has 128 valence electrons. The number of morpholine rings is 1. The molecule has 6 nitrogen and oxygen atoms in total. The molecule has 1 amide bonds. The van der Waals surface area contributed by atoms with Gasteiger partial charge >= 0.3 is 0 Å². The Bertz CT molecular complexity index is 921. The van der Waals surface area contributed by atoms with Crippen LogP contribution in [0.2, 0.25) is 0 Å². The molecular weight excluding hydrogens is 316 g/mol. The second kappa shape index (κ2) is 6.29. The minimum absolute atomic E-state index is 0.0198. The van der Waals surface area contributed by atoms with Crippen molar-refractivity contribution >= 4 is 11.6 Å². The highest BCUT2D eigenvalue weighted by Gasteiger charge is 2.20. The standard InChI is InChI=1S/C19H20N4O2/c1-13-4-3-5-14(2)17(13)18-21-20-16-7-6-15(12-23(16)18)19(24)22-8-10-25-11-9-22/h3-7,12H,8-11H2,1-2H3. The Labute approximate surface area is 146 Å². The van der Waals surface area contributed by atoms with Gasteiger partial charge in [0.2, 0.25) is 0 Å². The summed E-state index contributed by atoms with van der Waals surface area (Å²) >= 11 is 0. The lowest BCUT2D eigenvalue weighted by atomic mass is 10.0. The van der Waals surface area contributed by atoms with Gasteiger partial charge in [0.05, 0.1) is 18.8 Å². The van der Waals surface area contributed by atoms with Crippen molar-refractivity contribution in [3.05, 3.63) is 53.2 Å². The Morgan fingerprint density at radius 3 is 2.48 bits per heavy atom. The van der Waals surface area contributed by atoms with E-state index in [1.807, 2.05) is 33.7 Å². The molecule has 3 aromatic rings. The van der Waals surface area contributed by atoms with Crippen molar-refractivity contribution in [2.24, 2.45) is 0 Å². The smallest absolute Gasteiger partial charge is 0.255 e. The number of ether oxygens (including phenoxy) is 1. The molecule has 1 aliphatic rings. The Hall–Kier alpha value is -2.73. The van der Waals surface area contributed by atoms with Gasteiger partial charge in [-0.25, -0.2) is 0 Å². The second-order valence-electron chi connectivity index (χ2n) is 6.34. The monoisotopic (exact) mass is 336 g/mol. The predicted molar refractivity (Wildman–Crippen MR) is 94.6 cm³/mol. The van der Waals surface area contributed by atoms with Crippen LogP contribution in [0, 0.1) is 13.8 Å². The summed E-state index contributed by atoms with van der Waals surface area (Å²) in [4.78, 5) is 14.6. The van der Waals surface area contributed by atoms with Crippen LogP contribution in [0.25, 0.3) is 17.0 Å². The summed E-state index contributed by atoms with van der Waals surface area (Å²) in [6.07, 6.45) is 1.84. The van der Waals surface area contributed by atoms with Crippen LogP contribution in [-0.4, -0.2) is 51.7 Å². The largest absolute Gasteiger partial charge is 0.378 e. The highest BCUT2D eigenvalue weighted by Crippen LogP contribution is 2.26. The summed E-state index contributed by atoms with van der Waals surface area (Å²) < 4.78 is 7.23. The Kier molecular flexibility index (Phi) is 3.97. The zero-order chi connectivity index (χ0) is 17.4. The van der Waals surface area contributed by atoms with Crippen molar-refractivity contribution < 1.29 is 9.53 Å². The molecule has 6 heteroatoms. The van der Waals surface area contributed by atoms with Crippen molar-refractivity contribution in [2.75, 3.05) is 26.3 Å². The first kappa shape index (κ1) is 15.8. The van der Waals surface area contributed by atoms with E-state index in [-0.39, 0.29) is 5.91 Å². The molecule has 2 aromatic heterocycles. The number of amides is 1. The number of carbonyl (C=O) groups is 1. The number of aromatic nitrogens is 3. The number of nitrogens with zero attached hydrogens (tertiary/aromatic N) is 4. The van der Waals surface area contributed by atoms with Gasteiger partial charge in [-0.3, -0.25) is 9.20 Å². The first-order valence-electron chi connectivity index (χ1n) is 8.43. The van der Waals surface area contributed by atoms with Crippen molar-refractivity contribution in [1.29, 1.82) is 0 Å². The van der Waals surface area contributed by atoms with E-state index in [0.29, 0.717) is 31.9 Å². The van der Waals surface area contributed by atoms with Crippen LogP contribution in [0.5, 0.6) is 0 Å². The molecule has 1 fully saturated rings. The molecule has 0 saturated carbocycles. The van der Waals surface area contributed by atoms with Crippen LogP contribution in [0.4, 0.5) is 0 Å². The quantitative estimate of drug-likeness (QED) is 0.721. The molecule has 4 rings (SSSR count). The fourth-order valence-corrected chi connectivity index (χ4v) is 3.30. The molecule has 1 saturated heterocycles. The van der Waals surface area contributed by atoms with Gasteiger partial charge in [0, 0.05) is 24.8 Å². The van der Waals surface area contributed by atoms with Gasteiger partial charge in [0.15, 0.2) is 11.5 Å². The number of aryl methyl sites for hydroxylation is 2. The van der Waals surface area contributed by atoms with E-state index in [0.717, 1.165) is 28.2 Å². The summed E-state index contributed by atoms with van der Waals surface area (Å²) in [5, 5.41) is 8.63. The number of hydrogen-bond donors (Lipinski definition) is 0. The summed E-state index contributed by atoms with van der Waals surface area (Å²) in [6.45, 7) is 6.56. The zero-order valence-corrected chi connectivity index (χ0v) is 14.4. The van der Waals surface area contributed by atoms with E-state index in [9.17, 15) is 4.79 Å². The van der Waals surface area contributed by atoms with Gasteiger partial charge in [-0.15, -0.1) is 10.2 Å². The van der Waals surface area contributed by atoms with Gasteiger partial charge in [-0.2, -0.15) is 0 Å². The topological polar surface area (TPSA) is 59.7 Å². The third-order valence-corrected chi connectivity index (χ3v) is 4.65. The fourth-order valence-electron chi connectivity index (χ4n) is 3.30. The van der Waals surface area contributed by atoms with Gasteiger partial charge in [0.1, 0.15) is 0 Å². The third-order valence-electron chi connectivity index (χ3n) is 4.65. The molecule has 0 atom stereocenters. The summed E-state index contributed by atoms with van der Waals surface area (Å²) in [6, 6.07) is 9.82. The Morgan fingerprint density at radius 1 is 1.04 bits per heavy atom. The van der Waals surface area contributed by atoms with Crippen LogP contribution in [0.15, 0.2) is 36.5 Å². The molecule has 25 heavy (non-hydrogen) atoms. The van der Waals surface area contributed by atoms with Gasteiger partial charge in [0.25, 0.3) is 5.91 Å². The van der Waals surface area contributed by atoms with Crippen molar-refractivity contribution in [3.8, 4) is 11.4 Å². The predicted octanol–water partition coefficient (Wildman–Crippen LogP) is 2.49. The number of hydrogen-bond acceptors (Lipinski definition) is 4. The number of benzene rings is 1. The fraction of sp³-hybridized carbons (Fsp3) is 0.316. The summed E-state index contributed by atoms with van der Waals surface area (Å²) in [5.41, 5.74) is 4.71. The van der Waals surface area contributed by atoms with E-state index >= 15 is 0 Å². The van der Waals surface area contributed by atoms with Crippen molar-refractivity contribution in [3.63, 3.8) is 0 Å². The van der Waals surface area contributed by atoms with E-state index in [1.54, 1.807) is 0 Å². The highest BCUT2D eigenvalue weighted by molar-refractivity contribution is 5.94. The lowest BCUT2D eigenvalue weighted by molar-refractivity contribution is 0.0302. The van der Waals surface area contributed by atoms with Gasteiger partial charge in [-0.05, 0) is 37.1 Å². The molecule has 1 aromatic carbocycles. The average Bonchev–Trinajstić information content (AvgIpc) is 3.05. The van der Waals surface area contributed by atoms with Crippen LogP contribution in [0.1, 0.15) is 21.5 Å². The summed E-state index contributed by atoms with van der Waals surface area (Å²) in [5.74, 6) is 0.786. The highest BCUT2D eigenvalue weighted by atomic mass is 16.5. The van der Waals surface area contributed by atoms with Crippen LogP contribution >= 0.6 is 0 Å². The first-order valence-corrected chi connectivity index (χ1v) is 8.43. The van der Waals surface area contributed by atoms with Gasteiger partial charge < -0.3 is 9.64 Å². The normalized spacial score (nSPS) is 14.9. The van der Waals surface area contributed by atoms with E-state index < -0.39 is 0 Å². The molecular formula is C19H20N4O2. The Balaban J connectivity index is 1.79. The molecule has 0 radical (unpaired) electrons. The molecule has 1 aliphatic heterocycles. The maximum atomic E-state index is 12.8. The van der Waals surface area contributed by atoms with E-state index in [2.05, 4.69) is 36.2 Å². The minimum atomic E-state index is 0.0198. The third kappa shape index (κ3) is 2.78. The van der Waals surface area contributed by atoms with E-state index in [1.165, 1.54) is 0 Å². The van der Waals surface area contributed by atoms with Crippen LogP contribution in [-0.2, 0) is 4.74 Å². The van der Waals surface area contributed by atoms with Crippen molar-refractivity contribution in [2.45, 2.75) is 13.8 Å². The average molecular weight is 336 g/mol. The lowest BCUT2D eigenvalue weighted by Gasteiger charge is -2.26. The maximum Gasteiger partial charge on any atom is 0.255 e. The Morgan fingerprint density at radius 2 is 1.76 bits per heavy atom. The molecule has 0 spiro atoms.